The largest absolute Gasteiger partial charge is 0.326 e. The molecule has 0 spiro atoms. The molecular formula is C27H22ClN3O2. The molecule has 1 aliphatic heterocycles. The highest BCUT2D eigenvalue weighted by Crippen LogP contribution is 2.30. The molecule has 4 aromatic rings. The maximum absolute atomic E-state index is 13.4. The molecule has 33 heavy (non-hydrogen) atoms. The third-order valence-electron chi connectivity index (χ3n) is 5.83. The zero-order valence-electron chi connectivity index (χ0n) is 17.9. The Labute approximate surface area is 197 Å². The average Bonchev–Trinajstić information content (AvgIpc) is 3.24. The van der Waals surface area contributed by atoms with Crippen molar-refractivity contribution in [3.05, 3.63) is 113 Å². The van der Waals surface area contributed by atoms with Crippen LogP contribution in [0.4, 0.5) is 11.4 Å². The number of carbonyl (C=O) groups is 2. The molecule has 0 saturated heterocycles. The van der Waals surface area contributed by atoms with E-state index in [-0.39, 0.29) is 18.2 Å². The highest BCUT2D eigenvalue weighted by Gasteiger charge is 2.24. The van der Waals surface area contributed by atoms with Crippen LogP contribution >= 0.6 is 11.6 Å². The van der Waals surface area contributed by atoms with Crippen LogP contribution in [0.25, 0.3) is 5.69 Å². The van der Waals surface area contributed by atoms with E-state index in [9.17, 15) is 9.59 Å². The van der Waals surface area contributed by atoms with Crippen molar-refractivity contribution in [3.8, 4) is 5.69 Å². The van der Waals surface area contributed by atoms with Crippen LogP contribution in [0, 0.1) is 0 Å². The number of nitrogens with one attached hydrogen (secondary N) is 1. The maximum atomic E-state index is 13.4. The van der Waals surface area contributed by atoms with Gasteiger partial charge < -0.3 is 14.8 Å². The quantitative estimate of drug-likeness (QED) is 0.441. The van der Waals surface area contributed by atoms with Gasteiger partial charge in [-0.1, -0.05) is 41.9 Å². The average molecular weight is 456 g/mol. The van der Waals surface area contributed by atoms with Crippen molar-refractivity contribution < 1.29 is 9.59 Å². The minimum atomic E-state index is -0.162. The lowest BCUT2D eigenvalue weighted by Gasteiger charge is -2.23. The van der Waals surface area contributed by atoms with Crippen LogP contribution in [0.3, 0.4) is 0 Å². The van der Waals surface area contributed by atoms with Crippen LogP contribution in [0.2, 0.25) is 5.02 Å². The van der Waals surface area contributed by atoms with E-state index in [4.69, 9.17) is 11.6 Å². The minimum Gasteiger partial charge on any atom is -0.326 e. The van der Waals surface area contributed by atoms with Gasteiger partial charge in [0, 0.05) is 41.1 Å². The summed E-state index contributed by atoms with van der Waals surface area (Å²) in [7, 11) is 0. The van der Waals surface area contributed by atoms with Crippen molar-refractivity contribution in [2.24, 2.45) is 0 Å². The molecule has 0 radical (unpaired) electrons. The van der Waals surface area contributed by atoms with Crippen LogP contribution in [0.5, 0.6) is 0 Å². The topological polar surface area (TPSA) is 54.3 Å². The van der Waals surface area contributed by atoms with E-state index in [1.54, 1.807) is 30.3 Å². The van der Waals surface area contributed by atoms with Gasteiger partial charge in [0.2, 0.25) is 5.91 Å². The van der Waals surface area contributed by atoms with Crippen LogP contribution in [-0.2, 0) is 17.6 Å². The van der Waals surface area contributed by atoms with Gasteiger partial charge >= 0.3 is 0 Å². The Morgan fingerprint density at radius 1 is 0.848 bits per heavy atom. The predicted molar refractivity (Wildman–Crippen MR) is 131 cm³/mol. The molecular weight excluding hydrogens is 434 g/mol. The lowest BCUT2D eigenvalue weighted by molar-refractivity contribution is -0.115. The Hall–Kier alpha value is -3.83. The molecule has 0 unspecified atom stereocenters. The number of para-hydroxylation sites is 2. The summed E-state index contributed by atoms with van der Waals surface area (Å²) in [5.41, 5.74) is 5.03. The van der Waals surface area contributed by atoms with E-state index in [2.05, 4.69) is 16.0 Å². The van der Waals surface area contributed by atoms with E-state index >= 15 is 0 Å². The van der Waals surface area contributed by atoms with Gasteiger partial charge in [-0.2, -0.15) is 0 Å². The molecule has 0 saturated carbocycles. The Balaban J connectivity index is 1.32. The fraction of sp³-hybridized carbons (Fsp3) is 0.111. The number of fused-ring (bicyclic) bond motifs is 3. The van der Waals surface area contributed by atoms with E-state index in [1.807, 2.05) is 59.6 Å². The van der Waals surface area contributed by atoms with E-state index in [1.165, 1.54) is 5.69 Å². The summed E-state index contributed by atoms with van der Waals surface area (Å²) in [6, 6.07) is 26.4. The second kappa shape index (κ2) is 8.96. The summed E-state index contributed by atoms with van der Waals surface area (Å²) in [5.74, 6) is -0.229. The number of amides is 2. The van der Waals surface area contributed by atoms with Crippen molar-refractivity contribution in [2.75, 3.05) is 16.8 Å². The summed E-state index contributed by atoms with van der Waals surface area (Å²) in [4.78, 5) is 27.7. The van der Waals surface area contributed by atoms with Crippen LogP contribution in [-0.4, -0.2) is 22.9 Å². The van der Waals surface area contributed by atoms with Gasteiger partial charge in [0.05, 0.1) is 17.8 Å². The van der Waals surface area contributed by atoms with E-state index < -0.39 is 0 Å². The number of aromatic nitrogens is 1. The van der Waals surface area contributed by atoms with Crippen LogP contribution < -0.4 is 10.2 Å². The lowest BCUT2D eigenvalue weighted by atomic mass is 10.1. The first-order chi connectivity index (χ1) is 16.1. The summed E-state index contributed by atoms with van der Waals surface area (Å²) >= 11 is 6.15. The van der Waals surface area contributed by atoms with Crippen LogP contribution in [0.1, 0.15) is 21.6 Å². The number of anilines is 2. The Kier molecular flexibility index (Phi) is 5.71. The number of nitrogens with zero attached hydrogens (tertiary/aromatic N) is 2. The Morgan fingerprint density at radius 3 is 2.36 bits per heavy atom. The fourth-order valence-corrected chi connectivity index (χ4v) is 4.38. The first-order valence-corrected chi connectivity index (χ1v) is 11.2. The zero-order chi connectivity index (χ0) is 22.8. The minimum absolute atomic E-state index is 0.0675. The molecule has 5 rings (SSSR count). The molecule has 3 aromatic carbocycles. The molecule has 1 aromatic heterocycles. The van der Waals surface area contributed by atoms with Gasteiger partial charge in [0.1, 0.15) is 0 Å². The van der Waals surface area contributed by atoms with Gasteiger partial charge in [-0.05, 0) is 60.2 Å². The van der Waals surface area contributed by atoms with E-state index in [0.29, 0.717) is 22.8 Å². The number of carbonyl (C=O) groups excluding carboxylic acids is 2. The maximum Gasteiger partial charge on any atom is 0.258 e. The lowest BCUT2D eigenvalue weighted by Crippen LogP contribution is -2.32. The third kappa shape index (κ3) is 4.28. The van der Waals surface area contributed by atoms with Crippen molar-refractivity contribution in [1.82, 2.24) is 4.57 Å². The van der Waals surface area contributed by atoms with Crippen molar-refractivity contribution >= 4 is 34.8 Å². The molecule has 1 N–H and O–H groups in total. The molecule has 5 nitrogen and oxygen atoms in total. The number of halogens is 1. The first kappa shape index (κ1) is 21.0. The van der Waals surface area contributed by atoms with Crippen molar-refractivity contribution in [1.29, 1.82) is 0 Å². The molecule has 1 aliphatic rings. The third-order valence-corrected chi connectivity index (χ3v) is 6.20. The molecule has 0 aliphatic carbocycles. The monoisotopic (exact) mass is 455 g/mol. The Bertz CT molecular complexity index is 1330. The van der Waals surface area contributed by atoms with Gasteiger partial charge in [0.15, 0.2) is 0 Å². The molecule has 6 heteroatoms. The molecule has 0 fully saturated rings. The summed E-state index contributed by atoms with van der Waals surface area (Å²) in [5, 5.41) is 3.44. The van der Waals surface area contributed by atoms with Crippen LogP contribution in [0.15, 0.2) is 91.1 Å². The fourth-order valence-electron chi connectivity index (χ4n) is 4.18. The number of benzene rings is 3. The highest BCUT2D eigenvalue weighted by atomic mass is 35.5. The van der Waals surface area contributed by atoms with Gasteiger partial charge in [-0.15, -0.1) is 0 Å². The summed E-state index contributed by atoms with van der Waals surface area (Å²) < 4.78 is 2.14. The highest BCUT2D eigenvalue weighted by molar-refractivity contribution is 6.31. The van der Waals surface area contributed by atoms with Crippen molar-refractivity contribution in [2.45, 2.75) is 12.8 Å². The molecule has 2 amide bonds. The first-order valence-electron chi connectivity index (χ1n) is 10.8. The smallest absolute Gasteiger partial charge is 0.258 e. The van der Waals surface area contributed by atoms with Gasteiger partial charge in [-0.3, -0.25) is 9.59 Å². The second-order valence-electron chi connectivity index (χ2n) is 7.96. The SMILES string of the molecule is O=C(Cc1ccccc1Cl)Nc1ccc(C(=O)N2CCc3cccn3-c3ccccc32)cc1. The predicted octanol–water partition coefficient (Wildman–Crippen LogP) is 5.51. The standard InChI is InChI=1S/C27H22ClN3O2/c28-23-8-2-1-6-20(23)18-26(32)29-21-13-11-19(12-14-21)27(33)31-17-15-22-7-5-16-30(22)24-9-3-4-10-25(24)31/h1-14,16H,15,17-18H2,(H,29,32). The summed E-state index contributed by atoms with van der Waals surface area (Å²) in [6.07, 6.45) is 2.98. The van der Waals surface area contributed by atoms with Crippen molar-refractivity contribution in [3.63, 3.8) is 0 Å². The summed E-state index contributed by atoms with van der Waals surface area (Å²) in [6.45, 7) is 0.593. The second-order valence-corrected chi connectivity index (χ2v) is 8.37. The van der Waals surface area contributed by atoms with Gasteiger partial charge in [0.25, 0.3) is 5.91 Å². The Morgan fingerprint density at radius 2 is 1.58 bits per heavy atom. The van der Waals surface area contributed by atoms with E-state index in [0.717, 1.165) is 23.4 Å². The molecule has 2 heterocycles. The number of hydrogen-bond acceptors (Lipinski definition) is 2. The zero-order valence-corrected chi connectivity index (χ0v) is 18.6. The normalized spacial score (nSPS) is 12.5. The van der Waals surface area contributed by atoms with Gasteiger partial charge in [-0.25, -0.2) is 0 Å². The molecule has 0 bridgehead atoms. The number of hydrogen-bond donors (Lipinski definition) is 1. The molecule has 0 atom stereocenters. The molecule has 164 valence electrons. The number of rotatable bonds is 4.